The van der Waals surface area contributed by atoms with Gasteiger partial charge in [-0.3, -0.25) is 0 Å². The van der Waals surface area contributed by atoms with E-state index >= 15 is 0 Å². The van der Waals surface area contributed by atoms with E-state index in [9.17, 15) is 10.2 Å². The van der Waals surface area contributed by atoms with Crippen LogP contribution >= 0.6 is 0 Å². The lowest BCUT2D eigenvalue weighted by molar-refractivity contribution is 0.00545. The predicted molar refractivity (Wildman–Crippen MR) is 124 cm³/mol. The topological polar surface area (TPSA) is 96.1 Å². The molecule has 7 nitrogen and oxygen atoms in total. The van der Waals surface area contributed by atoms with Crippen LogP contribution < -0.4 is 5.32 Å². The maximum Gasteiger partial charge on any atom is 0.143 e. The molecular weight excluding hydrogens is 402 g/mol. The smallest absolute Gasteiger partial charge is 0.143 e. The van der Waals surface area contributed by atoms with Gasteiger partial charge in [0.25, 0.3) is 0 Å². The summed E-state index contributed by atoms with van der Waals surface area (Å²) < 4.78 is 1.99. The molecule has 7 heteroatoms. The van der Waals surface area contributed by atoms with Crippen molar-refractivity contribution in [3.05, 3.63) is 60.2 Å². The zero-order valence-corrected chi connectivity index (χ0v) is 17.9. The van der Waals surface area contributed by atoms with Gasteiger partial charge in [0.05, 0.1) is 17.7 Å². The quantitative estimate of drug-likeness (QED) is 0.461. The first kappa shape index (κ1) is 19.6. The molecule has 32 heavy (non-hydrogen) atoms. The molecule has 4 heterocycles. The van der Waals surface area contributed by atoms with Crippen LogP contribution in [0.15, 0.2) is 49.1 Å². The Kier molecular flexibility index (Phi) is 4.81. The molecule has 1 fully saturated rings. The number of aromatic nitrogens is 4. The SMILES string of the molecule is O[C@@H]1[C@@H](CCc2ccc3cc4c(nc3c2)NCCC4)C[C@@H](n2ccc3cncnc32)[C@@H]1O. The minimum atomic E-state index is -0.804. The summed E-state index contributed by atoms with van der Waals surface area (Å²) in [5.74, 6) is 1.05. The second kappa shape index (κ2) is 7.83. The van der Waals surface area contributed by atoms with Crippen molar-refractivity contribution >= 4 is 27.8 Å². The third-order valence-electron chi connectivity index (χ3n) is 7.19. The van der Waals surface area contributed by atoms with Crippen LogP contribution in [-0.2, 0) is 12.8 Å². The largest absolute Gasteiger partial charge is 0.390 e. The Bertz CT molecular complexity index is 1290. The second-order valence-electron chi connectivity index (χ2n) is 9.16. The van der Waals surface area contributed by atoms with Gasteiger partial charge in [-0.1, -0.05) is 12.1 Å². The Morgan fingerprint density at radius 1 is 1.09 bits per heavy atom. The van der Waals surface area contributed by atoms with Crippen molar-refractivity contribution in [2.24, 2.45) is 5.92 Å². The van der Waals surface area contributed by atoms with Crippen molar-refractivity contribution < 1.29 is 10.2 Å². The summed E-state index contributed by atoms with van der Waals surface area (Å²) in [7, 11) is 0. The highest BCUT2D eigenvalue weighted by Gasteiger charge is 2.42. The molecule has 0 amide bonds. The highest BCUT2D eigenvalue weighted by atomic mass is 16.3. The molecule has 3 aromatic heterocycles. The van der Waals surface area contributed by atoms with Gasteiger partial charge >= 0.3 is 0 Å². The number of fused-ring (bicyclic) bond motifs is 3. The molecule has 0 saturated heterocycles. The Morgan fingerprint density at radius 3 is 2.97 bits per heavy atom. The number of pyridine rings is 1. The fraction of sp³-hybridized carbons (Fsp3) is 0.400. The minimum absolute atomic E-state index is 0.0307. The maximum absolute atomic E-state index is 10.8. The number of hydrogen-bond donors (Lipinski definition) is 3. The zero-order chi connectivity index (χ0) is 21.7. The highest BCUT2D eigenvalue weighted by molar-refractivity contribution is 5.82. The van der Waals surface area contributed by atoms with E-state index in [-0.39, 0.29) is 12.0 Å². The van der Waals surface area contributed by atoms with Gasteiger partial charge in [0, 0.05) is 29.7 Å². The Labute approximate surface area is 186 Å². The normalized spacial score (nSPS) is 25.2. The molecule has 1 aliphatic heterocycles. The summed E-state index contributed by atoms with van der Waals surface area (Å²) in [6, 6.07) is 10.5. The summed E-state index contributed by atoms with van der Waals surface area (Å²) in [6.07, 6.45) is 8.30. The van der Waals surface area contributed by atoms with Gasteiger partial charge < -0.3 is 20.1 Å². The van der Waals surface area contributed by atoms with Crippen LogP contribution in [0.2, 0.25) is 0 Å². The third-order valence-corrected chi connectivity index (χ3v) is 7.19. The van der Waals surface area contributed by atoms with Gasteiger partial charge in [-0.05, 0) is 67.3 Å². The first-order chi connectivity index (χ1) is 15.7. The molecule has 164 valence electrons. The van der Waals surface area contributed by atoms with Crippen LogP contribution in [0, 0.1) is 5.92 Å². The van der Waals surface area contributed by atoms with E-state index in [0.717, 1.165) is 61.0 Å². The van der Waals surface area contributed by atoms with E-state index in [4.69, 9.17) is 4.98 Å². The Hall–Kier alpha value is -3.03. The molecule has 1 aromatic carbocycles. The molecule has 1 aliphatic carbocycles. The number of rotatable bonds is 4. The van der Waals surface area contributed by atoms with Gasteiger partial charge in [-0.15, -0.1) is 0 Å². The molecule has 4 aromatic rings. The van der Waals surface area contributed by atoms with Crippen LogP contribution in [0.1, 0.15) is 36.4 Å². The maximum atomic E-state index is 10.8. The highest BCUT2D eigenvalue weighted by Crippen LogP contribution is 2.39. The number of benzene rings is 1. The van der Waals surface area contributed by atoms with Crippen LogP contribution in [-0.4, -0.2) is 48.5 Å². The number of aryl methyl sites for hydroxylation is 2. The number of aliphatic hydroxyl groups is 2. The van der Waals surface area contributed by atoms with Crippen LogP contribution in [0.5, 0.6) is 0 Å². The molecule has 0 spiro atoms. The summed E-state index contributed by atoms with van der Waals surface area (Å²) >= 11 is 0. The van der Waals surface area contributed by atoms with Crippen molar-refractivity contribution in [2.45, 2.75) is 50.4 Å². The molecular formula is C25H27N5O2. The lowest BCUT2D eigenvalue weighted by atomic mass is 9.95. The average molecular weight is 430 g/mol. The van der Waals surface area contributed by atoms with Gasteiger partial charge in [-0.2, -0.15) is 0 Å². The number of nitrogens with one attached hydrogen (secondary N) is 1. The minimum Gasteiger partial charge on any atom is -0.390 e. The fourth-order valence-corrected chi connectivity index (χ4v) is 5.42. The van der Waals surface area contributed by atoms with Gasteiger partial charge in [0.15, 0.2) is 0 Å². The third kappa shape index (κ3) is 3.32. The average Bonchev–Trinajstić information content (AvgIpc) is 3.37. The molecule has 3 N–H and O–H groups in total. The Morgan fingerprint density at radius 2 is 2.03 bits per heavy atom. The molecule has 1 saturated carbocycles. The molecule has 6 rings (SSSR count). The van der Waals surface area contributed by atoms with Crippen molar-refractivity contribution in [3.63, 3.8) is 0 Å². The van der Waals surface area contributed by atoms with Crippen LogP contribution in [0.4, 0.5) is 5.82 Å². The standard InChI is InChI=1S/C25H27N5O2/c31-22-17(12-21(23(22)32)30-9-7-19-13-26-14-28-25(19)30)6-4-15-3-5-16-11-18-2-1-8-27-24(18)29-20(16)10-15/h3,5,7,9-11,13-14,17,21-23,31-32H,1-2,4,6,8,12H2,(H,27,29)/t17-,21+,22+,23-/m0/s1. The number of aliphatic hydroxyl groups excluding tert-OH is 2. The Balaban J connectivity index is 1.19. The first-order valence-corrected chi connectivity index (χ1v) is 11.5. The van der Waals surface area contributed by atoms with Gasteiger partial charge in [0.2, 0.25) is 0 Å². The van der Waals surface area contributed by atoms with E-state index in [1.807, 2.05) is 16.8 Å². The van der Waals surface area contributed by atoms with E-state index in [0.29, 0.717) is 0 Å². The van der Waals surface area contributed by atoms with Crippen molar-refractivity contribution in [2.75, 3.05) is 11.9 Å². The monoisotopic (exact) mass is 429 g/mol. The predicted octanol–water partition coefficient (Wildman–Crippen LogP) is 3.25. The summed E-state index contributed by atoms with van der Waals surface area (Å²) in [5, 5.41) is 27.1. The van der Waals surface area contributed by atoms with E-state index in [1.165, 1.54) is 22.8 Å². The number of hydrogen-bond acceptors (Lipinski definition) is 6. The lowest BCUT2D eigenvalue weighted by Crippen LogP contribution is -2.29. The summed E-state index contributed by atoms with van der Waals surface area (Å²) in [4.78, 5) is 13.3. The number of nitrogens with zero attached hydrogens (tertiary/aromatic N) is 4. The molecule has 4 atom stereocenters. The van der Waals surface area contributed by atoms with Crippen LogP contribution in [0.25, 0.3) is 21.9 Å². The van der Waals surface area contributed by atoms with Crippen molar-refractivity contribution in [3.8, 4) is 0 Å². The summed E-state index contributed by atoms with van der Waals surface area (Å²) in [6.45, 7) is 0.983. The van der Waals surface area contributed by atoms with E-state index < -0.39 is 12.2 Å². The molecule has 0 unspecified atom stereocenters. The van der Waals surface area contributed by atoms with Gasteiger partial charge in [-0.25, -0.2) is 15.0 Å². The number of anilines is 1. The van der Waals surface area contributed by atoms with Gasteiger partial charge in [0.1, 0.15) is 23.9 Å². The summed E-state index contributed by atoms with van der Waals surface area (Å²) in [5.41, 5.74) is 4.33. The van der Waals surface area contributed by atoms with Crippen molar-refractivity contribution in [1.82, 2.24) is 19.5 Å². The molecule has 0 radical (unpaired) electrons. The van der Waals surface area contributed by atoms with E-state index in [2.05, 4.69) is 39.6 Å². The van der Waals surface area contributed by atoms with Crippen LogP contribution in [0.3, 0.4) is 0 Å². The lowest BCUT2D eigenvalue weighted by Gasteiger charge is -2.19. The first-order valence-electron chi connectivity index (χ1n) is 11.5. The molecule has 2 aliphatic rings. The van der Waals surface area contributed by atoms with Crippen molar-refractivity contribution in [1.29, 1.82) is 0 Å². The fourth-order valence-electron chi connectivity index (χ4n) is 5.42. The second-order valence-corrected chi connectivity index (χ2v) is 9.16. The van der Waals surface area contributed by atoms with E-state index in [1.54, 1.807) is 6.20 Å². The zero-order valence-electron chi connectivity index (χ0n) is 17.9. The molecule has 0 bridgehead atoms.